The molecule has 0 spiro atoms. The van der Waals surface area contributed by atoms with Gasteiger partial charge in [-0.05, 0) is 44.0 Å². The molecule has 1 fully saturated rings. The molecule has 1 aliphatic heterocycles. The maximum absolute atomic E-state index is 13.1. The van der Waals surface area contributed by atoms with Gasteiger partial charge in [0, 0.05) is 18.7 Å². The van der Waals surface area contributed by atoms with Crippen molar-refractivity contribution in [3.05, 3.63) is 65.8 Å². The van der Waals surface area contributed by atoms with E-state index in [0.717, 1.165) is 23.3 Å². The molecule has 1 saturated heterocycles. The number of carbonyl (C=O) groups is 1. The van der Waals surface area contributed by atoms with Gasteiger partial charge in [-0.1, -0.05) is 35.0 Å². The fourth-order valence-electron chi connectivity index (χ4n) is 3.49. The van der Waals surface area contributed by atoms with Crippen LogP contribution in [0.5, 0.6) is 0 Å². The van der Waals surface area contributed by atoms with Gasteiger partial charge < -0.3 is 9.26 Å². The molecule has 0 amide bonds. The molecule has 0 N–H and O–H groups in total. The van der Waals surface area contributed by atoms with Crippen molar-refractivity contribution in [3.63, 3.8) is 0 Å². The number of hydrogen-bond donors (Lipinski definition) is 0. The molecule has 32 heavy (non-hydrogen) atoms. The van der Waals surface area contributed by atoms with Crippen molar-refractivity contribution in [3.8, 4) is 11.4 Å². The zero-order valence-corrected chi connectivity index (χ0v) is 18.2. The Kier molecular flexibility index (Phi) is 6.33. The van der Waals surface area contributed by atoms with Crippen LogP contribution in [0, 0.1) is 18.7 Å². The van der Waals surface area contributed by atoms with Gasteiger partial charge in [0.2, 0.25) is 15.8 Å². The van der Waals surface area contributed by atoms with E-state index in [2.05, 4.69) is 10.1 Å². The molecule has 1 atom stereocenters. The summed E-state index contributed by atoms with van der Waals surface area (Å²) < 4.78 is 50.5. The Morgan fingerprint density at radius 2 is 1.91 bits per heavy atom. The highest BCUT2D eigenvalue weighted by Crippen LogP contribution is 2.25. The number of halogens is 1. The molecule has 4 rings (SSSR count). The number of benzene rings is 2. The molecule has 2 heterocycles. The number of aryl methyl sites for hydroxylation is 1. The van der Waals surface area contributed by atoms with E-state index in [1.54, 1.807) is 0 Å². The van der Waals surface area contributed by atoms with Crippen LogP contribution in [0.4, 0.5) is 4.39 Å². The number of ether oxygens (including phenoxy) is 1. The normalized spacial score (nSPS) is 17.2. The first-order chi connectivity index (χ1) is 15.3. The molecule has 0 aliphatic carbocycles. The SMILES string of the molecule is Cc1ccc(-c2noc(COC(=O)C3CCCN(S(=O)(=O)c4ccc(F)cc4)C3)n2)cc1. The lowest BCUT2D eigenvalue weighted by Gasteiger charge is -2.30. The van der Waals surface area contributed by atoms with E-state index in [4.69, 9.17) is 9.26 Å². The predicted molar refractivity (Wildman–Crippen MR) is 112 cm³/mol. The molecular weight excluding hydrogens is 437 g/mol. The molecule has 0 bridgehead atoms. The summed E-state index contributed by atoms with van der Waals surface area (Å²) >= 11 is 0. The lowest BCUT2D eigenvalue weighted by Crippen LogP contribution is -2.42. The Morgan fingerprint density at radius 1 is 1.19 bits per heavy atom. The van der Waals surface area contributed by atoms with Gasteiger partial charge in [-0.15, -0.1) is 0 Å². The lowest BCUT2D eigenvalue weighted by molar-refractivity contribution is -0.151. The number of aromatic nitrogens is 2. The first kappa shape index (κ1) is 22.1. The number of carbonyl (C=O) groups excluding carboxylic acids is 1. The smallest absolute Gasteiger partial charge is 0.310 e. The standard InChI is InChI=1S/C22H22FN3O5S/c1-15-4-6-16(7-5-15)21-24-20(31-25-21)14-30-22(27)17-3-2-12-26(13-17)32(28,29)19-10-8-18(23)9-11-19/h4-11,17H,2-3,12-14H2,1H3. The van der Waals surface area contributed by atoms with Crippen molar-refractivity contribution in [2.24, 2.45) is 5.92 Å². The molecule has 1 aliphatic rings. The Labute approximate surface area is 185 Å². The first-order valence-electron chi connectivity index (χ1n) is 10.1. The van der Waals surface area contributed by atoms with Crippen LogP contribution in [-0.2, 0) is 26.2 Å². The van der Waals surface area contributed by atoms with Crippen LogP contribution in [0.2, 0.25) is 0 Å². The number of piperidine rings is 1. The van der Waals surface area contributed by atoms with E-state index in [1.165, 1.54) is 16.4 Å². The van der Waals surface area contributed by atoms with Crippen LogP contribution in [-0.4, -0.2) is 41.9 Å². The van der Waals surface area contributed by atoms with Crippen LogP contribution in [0.15, 0.2) is 57.9 Å². The van der Waals surface area contributed by atoms with E-state index in [0.29, 0.717) is 18.7 Å². The van der Waals surface area contributed by atoms with E-state index < -0.39 is 27.7 Å². The average Bonchev–Trinajstić information content (AvgIpc) is 3.27. The van der Waals surface area contributed by atoms with Gasteiger partial charge in [0.25, 0.3) is 5.89 Å². The maximum Gasteiger partial charge on any atom is 0.310 e. The van der Waals surface area contributed by atoms with Gasteiger partial charge in [0.05, 0.1) is 10.8 Å². The predicted octanol–water partition coefficient (Wildman–Crippen LogP) is 3.33. The Bertz CT molecular complexity index is 1190. The monoisotopic (exact) mass is 459 g/mol. The van der Waals surface area contributed by atoms with Crippen LogP contribution in [0.1, 0.15) is 24.3 Å². The zero-order valence-electron chi connectivity index (χ0n) is 17.4. The lowest BCUT2D eigenvalue weighted by atomic mass is 10.0. The van der Waals surface area contributed by atoms with Crippen LogP contribution < -0.4 is 0 Å². The van der Waals surface area contributed by atoms with Crippen LogP contribution in [0.3, 0.4) is 0 Å². The minimum atomic E-state index is -3.82. The third-order valence-corrected chi connectivity index (χ3v) is 7.16. The molecule has 1 aromatic heterocycles. The third-order valence-electron chi connectivity index (χ3n) is 5.28. The minimum absolute atomic E-state index is 0.00298. The number of sulfonamides is 1. The van der Waals surface area contributed by atoms with Gasteiger partial charge in [0.1, 0.15) is 5.82 Å². The Hall–Kier alpha value is -3.11. The summed E-state index contributed by atoms with van der Waals surface area (Å²) in [6.45, 7) is 2.06. The number of nitrogens with zero attached hydrogens (tertiary/aromatic N) is 3. The van der Waals surface area contributed by atoms with Gasteiger partial charge in [0.15, 0.2) is 6.61 Å². The van der Waals surface area contributed by atoms with Crippen molar-refractivity contribution < 1.29 is 26.9 Å². The average molecular weight is 459 g/mol. The van der Waals surface area contributed by atoms with E-state index in [9.17, 15) is 17.6 Å². The van der Waals surface area contributed by atoms with Crippen molar-refractivity contribution >= 4 is 16.0 Å². The number of esters is 1. The first-order valence-corrected chi connectivity index (χ1v) is 11.6. The highest BCUT2D eigenvalue weighted by atomic mass is 32.2. The van der Waals surface area contributed by atoms with E-state index in [-0.39, 0.29) is 30.5 Å². The molecule has 168 valence electrons. The second-order valence-corrected chi connectivity index (χ2v) is 9.58. The van der Waals surface area contributed by atoms with Crippen LogP contribution in [0.25, 0.3) is 11.4 Å². The van der Waals surface area contributed by atoms with Crippen molar-refractivity contribution in [2.45, 2.75) is 31.3 Å². The van der Waals surface area contributed by atoms with Gasteiger partial charge in [-0.25, -0.2) is 12.8 Å². The van der Waals surface area contributed by atoms with Gasteiger partial charge in [-0.3, -0.25) is 4.79 Å². The minimum Gasteiger partial charge on any atom is -0.455 e. The van der Waals surface area contributed by atoms with Gasteiger partial charge in [-0.2, -0.15) is 9.29 Å². The summed E-state index contributed by atoms with van der Waals surface area (Å²) in [6.07, 6.45) is 1.02. The van der Waals surface area contributed by atoms with E-state index >= 15 is 0 Å². The second-order valence-electron chi connectivity index (χ2n) is 7.64. The molecule has 8 nitrogen and oxygen atoms in total. The fourth-order valence-corrected chi connectivity index (χ4v) is 5.02. The summed E-state index contributed by atoms with van der Waals surface area (Å²) in [6, 6.07) is 12.2. The van der Waals surface area contributed by atoms with E-state index in [1.807, 2.05) is 31.2 Å². The molecule has 0 radical (unpaired) electrons. The zero-order chi connectivity index (χ0) is 22.7. The maximum atomic E-state index is 13.1. The molecule has 10 heteroatoms. The molecule has 1 unspecified atom stereocenters. The summed E-state index contributed by atoms with van der Waals surface area (Å²) in [7, 11) is -3.82. The second kappa shape index (κ2) is 9.17. The Morgan fingerprint density at radius 3 is 2.62 bits per heavy atom. The largest absolute Gasteiger partial charge is 0.455 e. The summed E-state index contributed by atoms with van der Waals surface area (Å²) in [4.78, 5) is 16.8. The molecule has 3 aromatic rings. The highest BCUT2D eigenvalue weighted by Gasteiger charge is 2.34. The van der Waals surface area contributed by atoms with Gasteiger partial charge >= 0.3 is 5.97 Å². The molecular formula is C22H22FN3O5S. The fraction of sp³-hybridized carbons (Fsp3) is 0.318. The molecule has 2 aromatic carbocycles. The summed E-state index contributed by atoms with van der Waals surface area (Å²) in [5.74, 6) is -1.11. The number of rotatable bonds is 6. The quantitative estimate of drug-likeness (QED) is 0.521. The highest BCUT2D eigenvalue weighted by molar-refractivity contribution is 7.89. The molecule has 0 saturated carbocycles. The van der Waals surface area contributed by atoms with Crippen molar-refractivity contribution in [1.82, 2.24) is 14.4 Å². The topological polar surface area (TPSA) is 103 Å². The third kappa shape index (κ3) is 4.86. The Balaban J connectivity index is 1.36. The number of hydrogen-bond acceptors (Lipinski definition) is 7. The summed E-state index contributed by atoms with van der Waals surface area (Å²) in [5.41, 5.74) is 1.89. The van der Waals surface area contributed by atoms with Crippen LogP contribution >= 0.6 is 0 Å². The van der Waals surface area contributed by atoms with Crippen molar-refractivity contribution in [1.29, 1.82) is 0 Å². The van der Waals surface area contributed by atoms with Crippen molar-refractivity contribution in [2.75, 3.05) is 13.1 Å². The summed E-state index contributed by atoms with van der Waals surface area (Å²) in [5, 5.41) is 3.90.